The van der Waals surface area contributed by atoms with E-state index >= 15 is 0 Å². The molecular weight excluding hydrogens is 244 g/mol. The number of hydrogen-bond donors (Lipinski definition) is 1. The van der Waals surface area contributed by atoms with E-state index in [1.807, 2.05) is 11.8 Å². The molecule has 0 aromatic heterocycles. The van der Waals surface area contributed by atoms with E-state index in [1.54, 1.807) is 4.90 Å². The van der Waals surface area contributed by atoms with E-state index in [9.17, 15) is 9.59 Å². The minimum absolute atomic E-state index is 0.0234. The summed E-state index contributed by atoms with van der Waals surface area (Å²) in [7, 11) is 0. The second-order valence-corrected chi connectivity index (χ2v) is 6.15. The Balaban J connectivity index is 2.06. The van der Waals surface area contributed by atoms with Crippen LogP contribution in [0, 0.1) is 11.8 Å². The molecule has 2 saturated heterocycles. The van der Waals surface area contributed by atoms with Crippen molar-refractivity contribution in [1.29, 1.82) is 0 Å². The zero-order valence-electron chi connectivity index (χ0n) is 12.0. The van der Waals surface area contributed by atoms with Crippen LogP contribution in [0.1, 0.15) is 40.0 Å². The van der Waals surface area contributed by atoms with Gasteiger partial charge in [-0.2, -0.15) is 0 Å². The van der Waals surface area contributed by atoms with Crippen LogP contribution in [0.5, 0.6) is 0 Å². The van der Waals surface area contributed by atoms with Gasteiger partial charge in [0.25, 0.3) is 0 Å². The first-order chi connectivity index (χ1) is 8.91. The van der Waals surface area contributed by atoms with E-state index in [2.05, 4.69) is 13.8 Å². The molecule has 2 aliphatic heterocycles. The molecule has 2 fully saturated rings. The number of amides is 2. The standard InChI is InChI=1S/C14H24N2O3/c1-9-7-15(8-12(9)13(17)18)14(19)16-10(2)5-4-6-11(16)3/h9-12H,4-8H2,1-3H3,(H,17,18)/t9?,10-,11+,12?. The summed E-state index contributed by atoms with van der Waals surface area (Å²) < 4.78 is 0. The molecule has 2 rings (SSSR count). The first kappa shape index (κ1) is 14.2. The molecule has 0 aromatic carbocycles. The largest absolute Gasteiger partial charge is 0.481 e. The lowest BCUT2D eigenvalue weighted by Gasteiger charge is -2.41. The average molecular weight is 268 g/mol. The van der Waals surface area contributed by atoms with Crippen LogP contribution < -0.4 is 0 Å². The van der Waals surface area contributed by atoms with Crippen LogP contribution in [0.15, 0.2) is 0 Å². The monoisotopic (exact) mass is 268 g/mol. The molecule has 0 spiro atoms. The quantitative estimate of drug-likeness (QED) is 0.791. The van der Waals surface area contributed by atoms with Crippen LogP contribution in [0.4, 0.5) is 4.79 Å². The molecule has 5 heteroatoms. The number of piperidine rings is 1. The molecule has 108 valence electrons. The van der Waals surface area contributed by atoms with Gasteiger partial charge < -0.3 is 14.9 Å². The van der Waals surface area contributed by atoms with Gasteiger partial charge in [-0.15, -0.1) is 0 Å². The molecule has 2 aliphatic rings. The first-order valence-corrected chi connectivity index (χ1v) is 7.21. The molecule has 0 radical (unpaired) electrons. The van der Waals surface area contributed by atoms with E-state index < -0.39 is 11.9 Å². The topological polar surface area (TPSA) is 60.9 Å². The van der Waals surface area contributed by atoms with Crippen molar-refractivity contribution >= 4 is 12.0 Å². The summed E-state index contributed by atoms with van der Waals surface area (Å²) in [5.41, 5.74) is 0. The molecule has 0 aromatic rings. The van der Waals surface area contributed by atoms with E-state index in [0.717, 1.165) is 12.8 Å². The third-order valence-corrected chi connectivity index (χ3v) is 4.61. The van der Waals surface area contributed by atoms with Gasteiger partial charge in [-0.3, -0.25) is 4.79 Å². The molecule has 0 saturated carbocycles. The van der Waals surface area contributed by atoms with Crippen LogP contribution in [-0.4, -0.2) is 52.1 Å². The first-order valence-electron chi connectivity index (χ1n) is 7.21. The number of carbonyl (C=O) groups is 2. The van der Waals surface area contributed by atoms with Crippen LogP contribution in [0.25, 0.3) is 0 Å². The van der Waals surface area contributed by atoms with Crippen molar-refractivity contribution in [3.63, 3.8) is 0 Å². The summed E-state index contributed by atoms with van der Waals surface area (Å²) in [4.78, 5) is 27.4. The maximum atomic E-state index is 12.6. The fourth-order valence-corrected chi connectivity index (χ4v) is 3.41. The maximum Gasteiger partial charge on any atom is 0.320 e. The summed E-state index contributed by atoms with van der Waals surface area (Å²) in [6, 6.07) is 0.543. The van der Waals surface area contributed by atoms with Crippen molar-refractivity contribution in [3.8, 4) is 0 Å². The Labute approximate surface area is 114 Å². The van der Waals surface area contributed by atoms with Gasteiger partial charge in [0, 0.05) is 25.2 Å². The molecule has 19 heavy (non-hydrogen) atoms. The smallest absolute Gasteiger partial charge is 0.320 e. The Kier molecular flexibility index (Phi) is 4.02. The molecule has 2 unspecified atom stereocenters. The van der Waals surface area contributed by atoms with Crippen molar-refractivity contribution in [2.75, 3.05) is 13.1 Å². The van der Waals surface area contributed by atoms with E-state index in [1.165, 1.54) is 6.42 Å². The summed E-state index contributed by atoms with van der Waals surface area (Å²) in [6.45, 7) is 7.00. The van der Waals surface area contributed by atoms with E-state index in [0.29, 0.717) is 13.1 Å². The minimum atomic E-state index is -0.789. The highest BCUT2D eigenvalue weighted by Gasteiger charge is 2.40. The van der Waals surface area contributed by atoms with Crippen LogP contribution in [0.3, 0.4) is 0 Å². The number of hydrogen-bond acceptors (Lipinski definition) is 2. The number of likely N-dealkylation sites (tertiary alicyclic amines) is 2. The van der Waals surface area contributed by atoms with Gasteiger partial charge in [-0.05, 0) is 39.0 Å². The zero-order chi connectivity index (χ0) is 14.2. The van der Waals surface area contributed by atoms with Gasteiger partial charge in [-0.25, -0.2) is 4.79 Å². The third kappa shape index (κ3) is 2.69. The van der Waals surface area contributed by atoms with Gasteiger partial charge in [-0.1, -0.05) is 6.92 Å². The second-order valence-electron chi connectivity index (χ2n) is 6.15. The van der Waals surface area contributed by atoms with Crippen LogP contribution in [-0.2, 0) is 4.79 Å². The fraction of sp³-hybridized carbons (Fsp3) is 0.857. The van der Waals surface area contributed by atoms with Crippen molar-refractivity contribution in [2.24, 2.45) is 11.8 Å². The van der Waals surface area contributed by atoms with Crippen molar-refractivity contribution in [1.82, 2.24) is 9.80 Å². The lowest BCUT2D eigenvalue weighted by molar-refractivity contribution is -0.142. The SMILES string of the molecule is CC1CN(C(=O)N2[C@H](C)CCC[C@@H]2C)CC1C(=O)O. The molecule has 5 nitrogen and oxygen atoms in total. The number of urea groups is 1. The summed E-state index contributed by atoms with van der Waals surface area (Å²) in [5.74, 6) is -1.17. The normalized spacial score (nSPS) is 35.5. The van der Waals surface area contributed by atoms with Crippen molar-refractivity contribution < 1.29 is 14.7 Å². The van der Waals surface area contributed by atoms with Crippen molar-refractivity contribution in [3.05, 3.63) is 0 Å². The number of rotatable bonds is 1. The summed E-state index contributed by atoms with van der Waals surface area (Å²) in [5, 5.41) is 9.15. The lowest BCUT2D eigenvalue weighted by Crippen LogP contribution is -2.52. The van der Waals surface area contributed by atoms with E-state index in [-0.39, 0.29) is 24.0 Å². The number of carboxylic acid groups (broad SMARTS) is 1. The van der Waals surface area contributed by atoms with E-state index in [4.69, 9.17) is 5.11 Å². The highest BCUT2D eigenvalue weighted by atomic mass is 16.4. The van der Waals surface area contributed by atoms with Gasteiger partial charge in [0.2, 0.25) is 0 Å². The molecule has 0 bridgehead atoms. The van der Waals surface area contributed by atoms with Gasteiger partial charge >= 0.3 is 12.0 Å². The van der Waals surface area contributed by atoms with Crippen LogP contribution in [0.2, 0.25) is 0 Å². The summed E-state index contributed by atoms with van der Waals surface area (Å²) in [6.07, 6.45) is 3.25. The van der Waals surface area contributed by atoms with Gasteiger partial charge in [0.15, 0.2) is 0 Å². The maximum absolute atomic E-state index is 12.6. The second kappa shape index (κ2) is 5.39. The number of carbonyl (C=O) groups excluding carboxylic acids is 1. The molecular formula is C14H24N2O3. The lowest BCUT2D eigenvalue weighted by atomic mass is 9.98. The Morgan fingerprint density at radius 2 is 1.63 bits per heavy atom. The molecule has 1 N–H and O–H groups in total. The Hall–Kier alpha value is -1.26. The Morgan fingerprint density at radius 1 is 1.05 bits per heavy atom. The molecule has 0 aliphatic carbocycles. The van der Waals surface area contributed by atoms with Gasteiger partial charge in [0.05, 0.1) is 5.92 Å². The Bertz CT molecular complexity index is 362. The number of carboxylic acids is 1. The zero-order valence-corrected chi connectivity index (χ0v) is 12.0. The fourth-order valence-electron chi connectivity index (χ4n) is 3.41. The Morgan fingerprint density at radius 3 is 2.11 bits per heavy atom. The summed E-state index contributed by atoms with van der Waals surface area (Å²) >= 11 is 0. The predicted molar refractivity (Wildman–Crippen MR) is 71.9 cm³/mol. The van der Waals surface area contributed by atoms with Crippen molar-refractivity contribution in [2.45, 2.75) is 52.1 Å². The average Bonchev–Trinajstić information content (AvgIpc) is 2.71. The number of aliphatic carboxylic acids is 1. The third-order valence-electron chi connectivity index (χ3n) is 4.61. The number of nitrogens with zero attached hydrogens (tertiary/aromatic N) is 2. The highest BCUT2D eigenvalue weighted by Crippen LogP contribution is 2.28. The van der Waals surface area contributed by atoms with Gasteiger partial charge in [0.1, 0.15) is 0 Å². The van der Waals surface area contributed by atoms with Crippen LogP contribution >= 0.6 is 0 Å². The molecule has 2 heterocycles. The molecule has 2 amide bonds. The minimum Gasteiger partial charge on any atom is -0.481 e. The molecule has 4 atom stereocenters. The highest BCUT2D eigenvalue weighted by molar-refractivity contribution is 5.78. The predicted octanol–water partition coefficient (Wildman–Crippen LogP) is 2.02.